The molecule has 2 rings (SSSR count). The Morgan fingerprint density at radius 2 is 1.95 bits per heavy atom. The summed E-state index contributed by atoms with van der Waals surface area (Å²) in [7, 11) is 1.76. The molecule has 0 saturated heterocycles. The Morgan fingerprint density at radius 3 is 2.57 bits per heavy atom. The number of hydrogen-bond donors (Lipinski definition) is 1. The molecule has 110 valence electrons. The van der Waals surface area contributed by atoms with Crippen molar-refractivity contribution in [3.05, 3.63) is 45.3 Å². The van der Waals surface area contributed by atoms with Gasteiger partial charge in [0.1, 0.15) is 17.4 Å². The Morgan fingerprint density at radius 1 is 1.24 bits per heavy atom. The molecule has 7 nitrogen and oxygen atoms in total. The first-order chi connectivity index (χ1) is 9.92. The van der Waals surface area contributed by atoms with E-state index < -0.39 is 4.92 Å². The minimum atomic E-state index is -0.455. The molecule has 1 N–H and O–H groups in total. The second-order valence-corrected chi connectivity index (χ2v) is 4.61. The van der Waals surface area contributed by atoms with E-state index >= 15 is 0 Å². The maximum Gasteiger partial charge on any atom is 0.273 e. The van der Waals surface area contributed by atoms with Crippen molar-refractivity contribution in [1.82, 2.24) is 9.97 Å². The van der Waals surface area contributed by atoms with E-state index in [4.69, 9.17) is 4.74 Å². The van der Waals surface area contributed by atoms with Gasteiger partial charge in [0.25, 0.3) is 5.69 Å². The largest absolute Gasteiger partial charge is 0.438 e. The van der Waals surface area contributed by atoms with Crippen LogP contribution in [0.25, 0.3) is 0 Å². The zero-order valence-corrected chi connectivity index (χ0v) is 12.3. The van der Waals surface area contributed by atoms with Crippen LogP contribution in [0.4, 0.5) is 11.5 Å². The zero-order valence-electron chi connectivity index (χ0n) is 12.3. The summed E-state index contributed by atoms with van der Waals surface area (Å²) in [5, 5.41) is 13.8. The summed E-state index contributed by atoms with van der Waals surface area (Å²) in [5.74, 6) is 2.02. The van der Waals surface area contributed by atoms with E-state index in [9.17, 15) is 10.1 Å². The number of ether oxygens (including phenoxy) is 1. The van der Waals surface area contributed by atoms with Gasteiger partial charge in [-0.2, -0.15) is 4.98 Å². The molecule has 0 fully saturated rings. The topological polar surface area (TPSA) is 90.2 Å². The molecule has 0 spiro atoms. The van der Waals surface area contributed by atoms with Crippen LogP contribution < -0.4 is 10.1 Å². The van der Waals surface area contributed by atoms with E-state index in [0.717, 1.165) is 11.1 Å². The first kappa shape index (κ1) is 14.7. The summed E-state index contributed by atoms with van der Waals surface area (Å²) >= 11 is 0. The van der Waals surface area contributed by atoms with Crippen LogP contribution in [0.3, 0.4) is 0 Å². The van der Waals surface area contributed by atoms with Crippen LogP contribution in [0.5, 0.6) is 11.6 Å². The summed E-state index contributed by atoms with van der Waals surface area (Å²) in [6.07, 6.45) is 0. The van der Waals surface area contributed by atoms with Gasteiger partial charge in [0.2, 0.25) is 5.88 Å². The standard InChI is InChI=1S/C14H16N4O3/c1-8-5-6-11(18(19)20)7-12(8)21-14-9(2)13(15-4)16-10(3)17-14/h5-7H,1-4H3,(H,15,16,17). The van der Waals surface area contributed by atoms with Gasteiger partial charge in [-0.1, -0.05) is 0 Å². The van der Waals surface area contributed by atoms with Crippen molar-refractivity contribution in [3.63, 3.8) is 0 Å². The van der Waals surface area contributed by atoms with Crippen molar-refractivity contribution in [2.45, 2.75) is 20.8 Å². The molecular weight excluding hydrogens is 272 g/mol. The van der Waals surface area contributed by atoms with Gasteiger partial charge in [-0.15, -0.1) is 0 Å². The van der Waals surface area contributed by atoms with Crippen LogP contribution in [-0.4, -0.2) is 21.9 Å². The number of nitro benzene ring substituents is 1. The number of anilines is 1. The van der Waals surface area contributed by atoms with Crippen LogP contribution in [0.2, 0.25) is 0 Å². The van der Waals surface area contributed by atoms with Crippen molar-refractivity contribution in [3.8, 4) is 11.6 Å². The van der Waals surface area contributed by atoms with Gasteiger partial charge in [-0.05, 0) is 32.4 Å². The Bertz CT molecular complexity index is 701. The van der Waals surface area contributed by atoms with Gasteiger partial charge < -0.3 is 10.1 Å². The molecule has 7 heteroatoms. The third-order valence-corrected chi connectivity index (χ3v) is 3.04. The van der Waals surface area contributed by atoms with Crippen LogP contribution >= 0.6 is 0 Å². The highest BCUT2D eigenvalue weighted by atomic mass is 16.6. The van der Waals surface area contributed by atoms with Crippen molar-refractivity contribution >= 4 is 11.5 Å². The van der Waals surface area contributed by atoms with E-state index in [0.29, 0.717) is 23.3 Å². The molecule has 1 heterocycles. The molecule has 1 aromatic heterocycles. The minimum absolute atomic E-state index is 0.0205. The van der Waals surface area contributed by atoms with Gasteiger partial charge in [-0.3, -0.25) is 10.1 Å². The molecule has 0 aliphatic rings. The van der Waals surface area contributed by atoms with Gasteiger partial charge in [0.15, 0.2) is 0 Å². The van der Waals surface area contributed by atoms with Gasteiger partial charge in [0.05, 0.1) is 16.6 Å². The van der Waals surface area contributed by atoms with Gasteiger partial charge in [0, 0.05) is 13.1 Å². The lowest BCUT2D eigenvalue weighted by Gasteiger charge is -2.13. The average Bonchev–Trinajstić information content (AvgIpc) is 2.44. The predicted molar refractivity (Wildman–Crippen MR) is 79.0 cm³/mol. The zero-order chi connectivity index (χ0) is 15.6. The molecule has 21 heavy (non-hydrogen) atoms. The van der Waals surface area contributed by atoms with Crippen LogP contribution in [0, 0.1) is 30.9 Å². The lowest BCUT2D eigenvalue weighted by atomic mass is 10.2. The lowest BCUT2D eigenvalue weighted by Crippen LogP contribution is -2.03. The molecule has 0 bridgehead atoms. The second kappa shape index (κ2) is 5.74. The Labute approximate surface area is 122 Å². The summed E-state index contributed by atoms with van der Waals surface area (Å²) in [6.45, 7) is 5.40. The van der Waals surface area contributed by atoms with E-state index in [1.165, 1.54) is 12.1 Å². The molecule has 0 saturated carbocycles. The number of aryl methyl sites for hydroxylation is 2. The van der Waals surface area contributed by atoms with Crippen molar-refractivity contribution < 1.29 is 9.66 Å². The highest BCUT2D eigenvalue weighted by Crippen LogP contribution is 2.31. The van der Waals surface area contributed by atoms with Gasteiger partial charge in [-0.25, -0.2) is 4.98 Å². The van der Waals surface area contributed by atoms with Gasteiger partial charge >= 0.3 is 0 Å². The summed E-state index contributed by atoms with van der Waals surface area (Å²) in [5.41, 5.74) is 1.52. The van der Waals surface area contributed by atoms with E-state index in [-0.39, 0.29) is 5.69 Å². The number of benzene rings is 1. The number of nitrogens with one attached hydrogen (secondary N) is 1. The third-order valence-electron chi connectivity index (χ3n) is 3.04. The molecule has 0 aliphatic carbocycles. The number of nitrogens with zero attached hydrogens (tertiary/aromatic N) is 3. The van der Waals surface area contributed by atoms with E-state index in [1.807, 2.05) is 13.8 Å². The van der Waals surface area contributed by atoms with Crippen LogP contribution in [0.1, 0.15) is 17.0 Å². The Balaban J connectivity index is 2.45. The lowest BCUT2D eigenvalue weighted by molar-refractivity contribution is -0.384. The molecule has 0 atom stereocenters. The molecule has 2 aromatic rings. The number of rotatable bonds is 4. The van der Waals surface area contributed by atoms with E-state index in [2.05, 4.69) is 15.3 Å². The fourth-order valence-electron chi connectivity index (χ4n) is 1.86. The molecule has 0 aliphatic heterocycles. The maximum absolute atomic E-state index is 10.9. The number of non-ortho nitro benzene ring substituents is 1. The summed E-state index contributed by atoms with van der Waals surface area (Å²) in [6, 6.07) is 4.49. The Hall–Kier alpha value is -2.70. The maximum atomic E-state index is 10.9. The predicted octanol–water partition coefficient (Wildman–Crippen LogP) is 3.14. The molecule has 0 unspecified atom stereocenters. The number of aromatic nitrogens is 2. The number of hydrogen-bond acceptors (Lipinski definition) is 6. The normalized spacial score (nSPS) is 10.3. The first-order valence-electron chi connectivity index (χ1n) is 6.38. The van der Waals surface area contributed by atoms with Crippen LogP contribution in [-0.2, 0) is 0 Å². The first-order valence-corrected chi connectivity index (χ1v) is 6.38. The summed E-state index contributed by atoms with van der Waals surface area (Å²) < 4.78 is 5.76. The quantitative estimate of drug-likeness (QED) is 0.686. The average molecular weight is 288 g/mol. The minimum Gasteiger partial charge on any atom is -0.438 e. The fraction of sp³-hybridized carbons (Fsp3) is 0.286. The SMILES string of the molecule is CNc1nc(C)nc(Oc2cc([N+](=O)[O-])ccc2C)c1C. The highest BCUT2D eigenvalue weighted by molar-refractivity contribution is 5.51. The fourth-order valence-corrected chi connectivity index (χ4v) is 1.86. The van der Waals surface area contributed by atoms with E-state index in [1.54, 1.807) is 20.0 Å². The monoisotopic (exact) mass is 288 g/mol. The second-order valence-electron chi connectivity index (χ2n) is 4.61. The van der Waals surface area contributed by atoms with Crippen LogP contribution in [0.15, 0.2) is 18.2 Å². The smallest absolute Gasteiger partial charge is 0.273 e. The molecule has 0 radical (unpaired) electrons. The number of nitro groups is 1. The van der Waals surface area contributed by atoms with Crippen molar-refractivity contribution in [2.24, 2.45) is 0 Å². The summed E-state index contributed by atoms with van der Waals surface area (Å²) in [4.78, 5) is 18.9. The molecule has 0 amide bonds. The molecule has 1 aromatic carbocycles. The van der Waals surface area contributed by atoms with Crippen molar-refractivity contribution in [2.75, 3.05) is 12.4 Å². The Kier molecular flexibility index (Phi) is 4.02. The highest BCUT2D eigenvalue weighted by Gasteiger charge is 2.14. The van der Waals surface area contributed by atoms with Crippen molar-refractivity contribution in [1.29, 1.82) is 0 Å². The molecular formula is C14H16N4O3. The third kappa shape index (κ3) is 3.07.